The zero-order chi connectivity index (χ0) is 15.8. The summed E-state index contributed by atoms with van der Waals surface area (Å²) < 4.78 is 43.8. The van der Waals surface area contributed by atoms with Crippen LogP contribution in [0.2, 0.25) is 15.1 Å². The van der Waals surface area contributed by atoms with Crippen LogP contribution in [0.4, 0.5) is 13.2 Å². The summed E-state index contributed by atoms with van der Waals surface area (Å²) in [6.07, 6.45) is -4.54. The molecule has 0 aliphatic carbocycles. The molecule has 0 atom stereocenters. The van der Waals surface area contributed by atoms with Gasteiger partial charge in [0.25, 0.3) is 0 Å². The van der Waals surface area contributed by atoms with E-state index in [1.165, 1.54) is 31.4 Å². The molecule has 21 heavy (non-hydrogen) atoms. The van der Waals surface area contributed by atoms with E-state index in [0.29, 0.717) is 5.56 Å². The van der Waals surface area contributed by atoms with Crippen molar-refractivity contribution in [3.63, 3.8) is 0 Å². The Morgan fingerprint density at radius 1 is 0.952 bits per heavy atom. The molecule has 0 N–H and O–H groups in total. The number of ether oxygens (including phenoxy) is 1. The smallest absolute Gasteiger partial charge is 0.419 e. The predicted molar refractivity (Wildman–Crippen MR) is 78.5 cm³/mol. The lowest BCUT2D eigenvalue weighted by Crippen LogP contribution is -2.07. The molecular formula is C14H8Cl3F3O. The summed E-state index contributed by atoms with van der Waals surface area (Å²) in [6.45, 7) is 0. The second kappa shape index (κ2) is 5.95. The molecule has 0 aliphatic heterocycles. The summed E-state index contributed by atoms with van der Waals surface area (Å²) in [5.74, 6) is -0.262. The molecule has 0 unspecified atom stereocenters. The molecule has 1 nitrogen and oxygen atoms in total. The van der Waals surface area contributed by atoms with Crippen LogP contribution >= 0.6 is 34.8 Å². The fourth-order valence-corrected chi connectivity index (χ4v) is 2.49. The molecule has 0 aromatic heterocycles. The zero-order valence-electron chi connectivity index (χ0n) is 10.6. The maximum atomic E-state index is 13.0. The normalized spacial score (nSPS) is 11.6. The third kappa shape index (κ3) is 3.23. The molecule has 2 rings (SSSR count). The SMILES string of the molecule is COc1ccc(-c2ccc(Cl)c(Cl)c2Cl)cc1C(F)(F)F. The predicted octanol–water partition coefficient (Wildman–Crippen LogP) is 6.34. The van der Waals surface area contributed by atoms with Gasteiger partial charge in [0.15, 0.2) is 0 Å². The Morgan fingerprint density at radius 3 is 2.19 bits per heavy atom. The Bertz CT molecular complexity index is 684. The maximum absolute atomic E-state index is 13.0. The van der Waals surface area contributed by atoms with Crippen LogP contribution in [-0.2, 0) is 6.18 Å². The number of alkyl halides is 3. The number of halogens is 6. The van der Waals surface area contributed by atoms with Crippen molar-refractivity contribution in [2.75, 3.05) is 7.11 Å². The van der Waals surface area contributed by atoms with Gasteiger partial charge in [0.2, 0.25) is 0 Å². The van der Waals surface area contributed by atoms with E-state index >= 15 is 0 Å². The fourth-order valence-electron chi connectivity index (χ4n) is 1.85. The number of hydrogen-bond donors (Lipinski definition) is 0. The minimum atomic E-state index is -4.54. The van der Waals surface area contributed by atoms with E-state index in [9.17, 15) is 13.2 Å². The van der Waals surface area contributed by atoms with Crippen LogP contribution in [0.25, 0.3) is 11.1 Å². The summed E-state index contributed by atoms with van der Waals surface area (Å²) in [6, 6.07) is 6.65. The second-order valence-electron chi connectivity index (χ2n) is 4.14. The Kier molecular flexibility index (Phi) is 4.61. The Balaban J connectivity index is 2.64. The topological polar surface area (TPSA) is 9.23 Å². The highest BCUT2D eigenvalue weighted by molar-refractivity contribution is 6.49. The molecule has 112 valence electrons. The molecule has 0 amide bonds. The first-order valence-corrected chi connectivity index (χ1v) is 6.78. The van der Waals surface area contributed by atoms with Crippen molar-refractivity contribution in [1.29, 1.82) is 0 Å². The van der Waals surface area contributed by atoms with Gasteiger partial charge in [-0.15, -0.1) is 0 Å². The van der Waals surface area contributed by atoms with Crippen LogP contribution in [0.1, 0.15) is 5.56 Å². The van der Waals surface area contributed by atoms with Gasteiger partial charge in [0.1, 0.15) is 5.75 Å². The third-order valence-electron chi connectivity index (χ3n) is 2.85. The van der Waals surface area contributed by atoms with Gasteiger partial charge in [-0.2, -0.15) is 13.2 Å². The molecule has 0 spiro atoms. The first kappa shape index (κ1) is 16.3. The van der Waals surface area contributed by atoms with Gasteiger partial charge >= 0.3 is 6.18 Å². The van der Waals surface area contributed by atoms with Crippen LogP contribution in [0.3, 0.4) is 0 Å². The lowest BCUT2D eigenvalue weighted by molar-refractivity contribution is -0.138. The molecule has 7 heteroatoms. The van der Waals surface area contributed by atoms with Crippen molar-refractivity contribution < 1.29 is 17.9 Å². The third-order valence-corrected chi connectivity index (χ3v) is 4.14. The minimum absolute atomic E-state index is 0.0974. The summed E-state index contributed by atoms with van der Waals surface area (Å²) in [5, 5.41) is 0.428. The fraction of sp³-hybridized carbons (Fsp3) is 0.143. The highest BCUT2D eigenvalue weighted by Gasteiger charge is 2.34. The van der Waals surface area contributed by atoms with Crippen molar-refractivity contribution in [3.05, 3.63) is 51.0 Å². The second-order valence-corrected chi connectivity index (χ2v) is 5.30. The summed E-state index contributed by atoms with van der Waals surface area (Å²) >= 11 is 17.8. The molecule has 2 aromatic carbocycles. The Morgan fingerprint density at radius 2 is 1.62 bits per heavy atom. The van der Waals surface area contributed by atoms with E-state index in [2.05, 4.69) is 0 Å². The largest absolute Gasteiger partial charge is 0.496 e. The Labute approximate surface area is 134 Å². The first-order chi connectivity index (χ1) is 9.75. The lowest BCUT2D eigenvalue weighted by atomic mass is 10.0. The average molecular weight is 356 g/mol. The van der Waals surface area contributed by atoms with Crippen LogP contribution in [0, 0.1) is 0 Å². The average Bonchev–Trinajstić information content (AvgIpc) is 2.43. The van der Waals surface area contributed by atoms with Crippen molar-refractivity contribution in [2.45, 2.75) is 6.18 Å². The molecule has 0 radical (unpaired) electrons. The van der Waals surface area contributed by atoms with Crippen LogP contribution < -0.4 is 4.74 Å². The van der Waals surface area contributed by atoms with Gasteiger partial charge in [-0.3, -0.25) is 0 Å². The molecule has 0 bridgehead atoms. The molecule has 0 saturated carbocycles. The van der Waals surface area contributed by atoms with Crippen molar-refractivity contribution in [1.82, 2.24) is 0 Å². The van der Waals surface area contributed by atoms with E-state index in [1.54, 1.807) is 0 Å². The number of benzene rings is 2. The molecule has 0 fully saturated rings. The minimum Gasteiger partial charge on any atom is -0.496 e. The van der Waals surface area contributed by atoms with E-state index in [4.69, 9.17) is 39.5 Å². The highest BCUT2D eigenvalue weighted by atomic mass is 35.5. The van der Waals surface area contributed by atoms with Gasteiger partial charge in [0, 0.05) is 5.56 Å². The number of methoxy groups -OCH3 is 1. The quantitative estimate of drug-likeness (QED) is 0.571. The van der Waals surface area contributed by atoms with E-state index in [-0.39, 0.29) is 26.4 Å². The number of rotatable bonds is 2. The Hall–Kier alpha value is -1.10. The number of hydrogen-bond acceptors (Lipinski definition) is 1. The van der Waals surface area contributed by atoms with Crippen LogP contribution in [0.15, 0.2) is 30.3 Å². The van der Waals surface area contributed by atoms with Crippen molar-refractivity contribution >= 4 is 34.8 Å². The molecule has 0 heterocycles. The van der Waals surface area contributed by atoms with Gasteiger partial charge < -0.3 is 4.74 Å². The van der Waals surface area contributed by atoms with E-state index < -0.39 is 11.7 Å². The lowest BCUT2D eigenvalue weighted by Gasteiger charge is -2.14. The molecule has 0 saturated heterocycles. The van der Waals surface area contributed by atoms with Gasteiger partial charge in [0.05, 0.1) is 27.7 Å². The van der Waals surface area contributed by atoms with Gasteiger partial charge in [-0.05, 0) is 23.8 Å². The molecule has 0 aliphatic rings. The monoisotopic (exact) mass is 354 g/mol. The van der Waals surface area contributed by atoms with Crippen LogP contribution in [0.5, 0.6) is 5.75 Å². The highest BCUT2D eigenvalue weighted by Crippen LogP contribution is 2.42. The van der Waals surface area contributed by atoms with E-state index in [0.717, 1.165) is 6.07 Å². The standard InChI is InChI=1S/C14H8Cl3F3O/c1-21-11-5-2-7(6-9(11)14(18,19)20)8-3-4-10(15)13(17)12(8)16/h2-6H,1H3. The molecular weight excluding hydrogens is 348 g/mol. The van der Waals surface area contributed by atoms with Crippen molar-refractivity contribution in [2.24, 2.45) is 0 Å². The molecule has 2 aromatic rings. The zero-order valence-corrected chi connectivity index (χ0v) is 12.8. The summed E-state index contributed by atoms with van der Waals surface area (Å²) in [5.41, 5.74) is -0.254. The van der Waals surface area contributed by atoms with Gasteiger partial charge in [-0.1, -0.05) is 46.9 Å². The van der Waals surface area contributed by atoms with E-state index in [1.807, 2.05) is 0 Å². The summed E-state index contributed by atoms with van der Waals surface area (Å²) in [7, 11) is 1.18. The maximum Gasteiger partial charge on any atom is 0.419 e. The van der Waals surface area contributed by atoms with Crippen LogP contribution in [-0.4, -0.2) is 7.11 Å². The van der Waals surface area contributed by atoms with Crippen molar-refractivity contribution in [3.8, 4) is 16.9 Å². The summed E-state index contributed by atoms with van der Waals surface area (Å²) in [4.78, 5) is 0. The first-order valence-electron chi connectivity index (χ1n) is 5.64. The van der Waals surface area contributed by atoms with Gasteiger partial charge in [-0.25, -0.2) is 0 Å².